The van der Waals surface area contributed by atoms with Gasteiger partial charge in [0, 0.05) is 5.56 Å². The first-order chi connectivity index (χ1) is 15.5. The standard InChI is InChI=1S/C28H40O3S.K/c1-3-5-7-9-11-13-17-22-21-26-24-19-15-16-20-25(24)27(26)28(32(29,30)31)23(22)18-14-12-10-8-6-4-2;/h15-16,19-21H,3-14,17-18H2,1-2H3,(H,29,30,31);/q;+1/p-1. The summed E-state index contributed by atoms with van der Waals surface area (Å²) in [4.78, 5) is 0.0724. The predicted octanol–water partition coefficient (Wildman–Crippen LogP) is 5.05. The van der Waals surface area contributed by atoms with E-state index >= 15 is 0 Å². The van der Waals surface area contributed by atoms with Gasteiger partial charge >= 0.3 is 51.4 Å². The van der Waals surface area contributed by atoms with Gasteiger partial charge in [0.1, 0.15) is 10.1 Å². The number of hydrogen-bond acceptors (Lipinski definition) is 3. The fourth-order valence-corrected chi connectivity index (χ4v) is 6.06. The molecule has 0 aromatic heterocycles. The van der Waals surface area contributed by atoms with Crippen molar-refractivity contribution in [1.29, 1.82) is 0 Å². The van der Waals surface area contributed by atoms with E-state index < -0.39 is 10.1 Å². The third-order valence-electron chi connectivity index (χ3n) is 6.79. The molecule has 1 aliphatic carbocycles. The zero-order chi connectivity index (χ0) is 23.0. The van der Waals surface area contributed by atoms with Crippen LogP contribution in [-0.4, -0.2) is 13.0 Å². The second-order valence-corrected chi connectivity index (χ2v) is 10.6. The molecule has 0 atom stereocenters. The Labute approximate surface area is 244 Å². The number of hydrogen-bond donors (Lipinski definition) is 0. The van der Waals surface area contributed by atoms with Crippen LogP contribution < -0.4 is 51.4 Å². The van der Waals surface area contributed by atoms with Gasteiger partial charge in [-0.15, -0.1) is 0 Å². The minimum atomic E-state index is -4.54. The van der Waals surface area contributed by atoms with E-state index in [2.05, 4.69) is 19.9 Å². The predicted molar refractivity (Wildman–Crippen MR) is 133 cm³/mol. The Hall–Kier alpha value is -0.0136. The summed E-state index contributed by atoms with van der Waals surface area (Å²) in [5.41, 5.74) is 5.48. The van der Waals surface area contributed by atoms with Gasteiger partial charge < -0.3 is 4.55 Å². The Morgan fingerprint density at radius 1 is 0.697 bits per heavy atom. The first-order valence-corrected chi connectivity index (χ1v) is 14.1. The van der Waals surface area contributed by atoms with Crippen LogP contribution >= 0.6 is 0 Å². The number of fused-ring (bicyclic) bond motifs is 4. The molecule has 0 aliphatic heterocycles. The summed E-state index contributed by atoms with van der Waals surface area (Å²) in [7, 11) is -4.54. The van der Waals surface area contributed by atoms with Crippen LogP contribution in [0.15, 0.2) is 35.2 Å². The number of rotatable bonds is 15. The molecule has 0 unspecified atom stereocenters. The van der Waals surface area contributed by atoms with Crippen molar-refractivity contribution < 1.29 is 64.4 Å². The fraction of sp³-hybridized carbons (Fsp3) is 0.571. The van der Waals surface area contributed by atoms with Crippen LogP contribution in [0.1, 0.15) is 102 Å². The maximum Gasteiger partial charge on any atom is 1.00 e. The van der Waals surface area contributed by atoms with Crippen molar-refractivity contribution in [3.8, 4) is 22.3 Å². The number of aryl methyl sites for hydroxylation is 1. The number of unbranched alkanes of at least 4 members (excludes halogenated alkanes) is 10. The quantitative estimate of drug-likeness (QED) is 0.169. The molecule has 0 N–H and O–H groups in total. The third kappa shape index (κ3) is 7.73. The maximum atomic E-state index is 12.5. The van der Waals surface area contributed by atoms with Crippen molar-refractivity contribution in [3.05, 3.63) is 41.5 Å². The van der Waals surface area contributed by atoms with Gasteiger partial charge in [0.2, 0.25) is 0 Å². The summed E-state index contributed by atoms with van der Waals surface area (Å²) < 4.78 is 37.5. The Balaban J connectivity index is 0.00000385. The van der Waals surface area contributed by atoms with Crippen molar-refractivity contribution in [2.24, 2.45) is 0 Å². The molecule has 2 aromatic carbocycles. The molecular weight excluding hydrogens is 455 g/mol. The van der Waals surface area contributed by atoms with Gasteiger partial charge in [0.05, 0.1) is 4.90 Å². The van der Waals surface area contributed by atoms with Crippen LogP contribution in [0.25, 0.3) is 22.3 Å². The molecule has 3 rings (SSSR count). The van der Waals surface area contributed by atoms with E-state index in [0.29, 0.717) is 12.0 Å². The Morgan fingerprint density at radius 3 is 1.79 bits per heavy atom. The van der Waals surface area contributed by atoms with Crippen LogP contribution in [0, 0.1) is 0 Å². The van der Waals surface area contributed by atoms with Gasteiger partial charge in [-0.05, 0) is 53.5 Å². The van der Waals surface area contributed by atoms with Crippen molar-refractivity contribution in [2.75, 3.05) is 0 Å². The summed E-state index contributed by atoms with van der Waals surface area (Å²) in [5, 5.41) is 0. The molecule has 0 amide bonds. The molecule has 3 nitrogen and oxygen atoms in total. The summed E-state index contributed by atoms with van der Waals surface area (Å²) in [6.07, 6.45) is 15.6. The van der Waals surface area contributed by atoms with Gasteiger partial charge in [-0.3, -0.25) is 0 Å². The maximum absolute atomic E-state index is 12.5. The molecular formula is C28H39KO3S. The Bertz CT molecular complexity index is 998. The molecule has 1 aliphatic rings. The van der Waals surface area contributed by atoms with Gasteiger partial charge in [0.25, 0.3) is 0 Å². The molecule has 0 radical (unpaired) electrons. The van der Waals surface area contributed by atoms with E-state index in [1.54, 1.807) is 0 Å². The van der Waals surface area contributed by atoms with Crippen LogP contribution in [-0.2, 0) is 23.0 Å². The van der Waals surface area contributed by atoms with E-state index in [1.807, 2.05) is 24.3 Å². The van der Waals surface area contributed by atoms with Crippen LogP contribution in [0.4, 0.5) is 0 Å². The van der Waals surface area contributed by atoms with Crippen molar-refractivity contribution in [3.63, 3.8) is 0 Å². The summed E-state index contributed by atoms with van der Waals surface area (Å²) in [6.45, 7) is 4.43. The van der Waals surface area contributed by atoms with Gasteiger partial charge in [0.15, 0.2) is 0 Å². The molecule has 2 aromatic rings. The average molecular weight is 495 g/mol. The van der Waals surface area contributed by atoms with E-state index in [4.69, 9.17) is 0 Å². The average Bonchev–Trinajstić information content (AvgIpc) is 2.76. The van der Waals surface area contributed by atoms with E-state index in [9.17, 15) is 13.0 Å². The van der Waals surface area contributed by atoms with Gasteiger partial charge in [-0.1, -0.05) is 108 Å². The van der Waals surface area contributed by atoms with E-state index in [-0.39, 0.29) is 56.3 Å². The molecule has 0 heterocycles. The third-order valence-corrected chi connectivity index (χ3v) is 7.74. The fourth-order valence-electron chi connectivity index (χ4n) is 5.06. The monoisotopic (exact) mass is 494 g/mol. The Morgan fingerprint density at radius 2 is 1.21 bits per heavy atom. The molecule has 0 bridgehead atoms. The normalized spacial score (nSPS) is 12.0. The first kappa shape index (κ1) is 29.2. The smallest absolute Gasteiger partial charge is 0.744 e. The molecule has 33 heavy (non-hydrogen) atoms. The van der Waals surface area contributed by atoms with Crippen LogP contribution in [0.2, 0.25) is 0 Å². The molecule has 0 saturated heterocycles. The zero-order valence-electron chi connectivity index (χ0n) is 20.9. The summed E-state index contributed by atoms with van der Waals surface area (Å²) in [6, 6.07) is 10.0. The van der Waals surface area contributed by atoms with E-state index in [0.717, 1.165) is 59.9 Å². The summed E-state index contributed by atoms with van der Waals surface area (Å²) >= 11 is 0. The summed E-state index contributed by atoms with van der Waals surface area (Å²) in [5.74, 6) is 0. The molecule has 5 heteroatoms. The van der Waals surface area contributed by atoms with Crippen molar-refractivity contribution in [2.45, 2.75) is 109 Å². The number of benzene rings is 2. The van der Waals surface area contributed by atoms with Crippen LogP contribution in [0.5, 0.6) is 0 Å². The minimum absolute atomic E-state index is 0. The van der Waals surface area contributed by atoms with Gasteiger partial charge in [-0.25, -0.2) is 8.42 Å². The topological polar surface area (TPSA) is 57.2 Å². The van der Waals surface area contributed by atoms with Crippen molar-refractivity contribution in [1.82, 2.24) is 0 Å². The first-order valence-electron chi connectivity index (χ1n) is 12.7. The largest absolute Gasteiger partial charge is 1.00 e. The SMILES string of the molecule is CCCCCCCCc1cc2c(c(S(=O)(=O)[O-])c1CCCCCCCC)-c1ccccc1-2.[K+]. The minimum Gasteiger partial charge on any atom is -0.744 e. The van der Waals surface area contributed by atoms with Gasteiger partial charge in [-0.2, -0.15) is 0 Å². The van der Waals surface area contributed by atoms with Crippen LogP contribution in [0.3, 0.4) is 0 Å². The second kappa shape index (κ2) is 14.5. The van der Waals surface area contributed by atoms with Crippen molar-refractivity contribution >= 4 is 10.1 Å². The zero-order valence-corrected chi connectivity index (χ0v) is 24.9. The Kier molecular flexibility index (Phi) is 12.9. The molecule has 0 saturated carbocycles. The second-order valence-electron chi connectivity index (χ2n) is 9.30. The molecule has 0 fully saturated rings. The molecule has 0 spiro atoms. The molecule has 176 valence electrons. The van der Waals surface area contributed by atoms with E-state index in [1.165, 1.54) is 51.4 Å².